The minimum absolute atomic E-state index is 0.0608. The summed E-state index contributed by atoms with van der Waals surface area (Å²) in [5, 5.41) is 9.05. The molecule has 3 aromatic rings. The summed E-state index contributed by atoms with van der Waals surface area (Å²) in [5.74, 6) is -0.566. The van der Waals surface area contributed by atoms with Crippen molar-refractivity contribution >= 4 is 11.6 Å². The lowest BCUT2D eigenvalue weighted by molar-refractivity contribution is -0.137. The van der Waals surface area contributed by atoms with Gasteiger partial charge < -0.3 is 5.32 Å². The number of hydrogen-bond acceptors (Lipinski definition) is 2. The van der Waals surface area contributed by atoms with Gasteiger partial charge in [0.15, 0.2) is 0 Å². The van der Waals surface area contributed by atoms with Crippen molar-refractivity contribution in [2.45, 2.75) is 6.18 Å². The minimum Gasteiger partial charge on any atom is -0.321 e. The third kappa shape index (κ3) is 3.45. The molecule has 0 spiro atoms. The molecule has 24 heavy (non-hydrogen) atoms. The summed E-state index contributed by atoms with van der Waals surface area (Å²) in [5.41, 5.74) is 0.795. The van der Waals surface area contributed by atoms with Crippen LogP contribution in [-0.2, 0) is 6.18 Å². The molecule has 0 aliphatic heterocycles. The number of anilines is 1. The first-order chi connectivity index (χ1) is 11.4. The second kappa shape index (κ2) is 6.19. The van der Waals surface area contributed by atoms with Crippen molar-refractivity contribution in [3.63, 3.8) is 0 Å². The third-order valence-electron chi connectivity index (χ3n) is 3.34. The number of alkyl halides is 3. The zero-order valence-electron chi connectivity index (χ0n) is 12.3. The van der Waals surface area contributed by atoms with Crippen LogP contribution in [0.25, 0.3) is 11.3 Å². The van der Waals surface area contributed by atoms with E-state index in [1.165, 1.54) is 18.2 Å². The maximum atomic E-state index is 12.7. The van der Waals surface area contributed by atoms with Gasteiger partial charge in [0.05, 0.1) is 11.3 Å². The molecule has 0 atom stereocenters. The molecule has 4 nitrogen and oxygen atoms in total. The lowest BCUT2D eigenvalue weighted by Gasteiger charge is -2.09. The summed E-state index contributed by atoms with van der Waals surface area (Å²) in [6, 6.07) is 15.2. The van der Waals surface area contributed by atoms with Crippen LogP contribution < -0.4 is 5.32 Å². The van der Waals surface area contributed by atoms with Crippen LogP contribution in [0.1, 0.15) is 16.1 Å². The molecule has 1 heterocycles. The van der Waals surface area contributed by atoms with Gasteiger partial charge in [-0.15, -0.1) is 0 Å². The molecule has 0 radical (unpaired) electrons. The van der Waals surface area contributed by atoms with Crippen molar-refractivity contribution in [2.75, 3.05) is 5.32 Å². The minimum atomic E-state index is -4.46. The van der Waals surface area contributed by atoms with Crippen LogP contribution in [0.2, 0.25) is 0 Å². The number of carbonyl (C=O) groups excluding carboxylic acids is 1. The number of halogens is 3. The highest BCUT2D eigenvalue weighted by atomic mass is 19.4. The summed E-state index contributed by atoms with van der Waals surface area (Å²) < 4.78 is 38.1. The number of carbonyl (C=O) groups is 1. The highest BCUT2D eigenvalue weighted by Gasteiger charge is 2.30. The van der Waals surface area contributed by atoms with Gasteiger partial charge in [-0.25, -0.2) is 0 Å². The van der Waals surface area contributed by atoms with Crippen LogP contribution in [0.15, 0.2) is 60.7 Å². The van der Waals surface area contributed by atoms with Gasteiger partial charge in [-0.1, -0.05) is 36.4 Å². The van der Waals surface area contributed by atoms with E-state index in [9.17, 15) is 18.0 Å². The Hall–Kier alpha value is -3.09. The third-order valence-corrected chi connectivity index (χ3v) is 3.34. The topological polar surface area (TPSA) is 57.8 Å². The molecule has 122 valence electrons. The number of hydrogen-bond donors (Lipinski definition) is 2. The standard InChI is InChI=1S/C17H12F3N3O/c18-17(19,20)12-7-4-8-13(9-12)21-16(24)15-10-14(22-23-15)11-5-2-1-3-6-11/h1-10H,(H,21,24)(H,22,23). The Bertz CT molecular complexity index is 857. The quantitative estimate of drug-likeness (QED) is 0.750. The van der Waals surface area contributed by atoms with Gasteiger partial charge in [-0.2, -0.15) is 18.3 Å². The SMILES string of the molecule is O=C(Nc1cccc(C(F)(F)F)c1)c1cc(-c2ccccc2)n[nH]1. The lowest BCUT2D eigenvalue weighted by Crippen LogP contribution is -2.13. The molecule has 0 saturated carbocycles. The Morgan fingerprint density at radius 3 is 2.46 bits per heavy atom. The van der Waals surface area contributed by atoms with Crippen molar-refractivity contribution in [1.29, 1.82) is 0 Å². The molecule has 0 aliphatic carbocycles. The Balaban J connectivity index is 1.78. The van der Waals surface area contributed by atoms with E-state index < -0.39 is 17.6 Å². The lowest BCUT2D eigenvalue weighted by atomic mass is 10.1. The molecule has 0 aliphatic rings. The summed E-state index contributed by atoms with van der Waals surface area (Å²) in [4.78, 5) is 12.2. The second-order valence-electron chi connectivity index (χ2n) is 5.07. The van der Waals surface area contributed by atoms with Gasteiger partial charge in [0.25, 0.3) is 5.91 Å². The second-order valence-corrected chi connectivity index (χ2v) is 5.07. The molecule has 0 unspecified atom stereocenters. The smallest absolute Gasteiger partial charge is 0.321 e. The number of rotatable bonds is 3. The van der Waals surface area contributed by atoms with Gasteiger partial charge in [-0.3, -0.25) is 9.89 Å². The molecular weight excluding hydrogens is 319 g/mol. The summed E-state index contributed by atoms with van der Waals surface area (Å²) in [6.45, 7) is 0. The van der Waals surface area contributed by atoms with Crippen molar-refractivity contribution in [3.05, 3.63) is 71.9 Å². The van der Waals surface area contributed by atoms with E-state index in [1.54, 1.807) is 0 Å². The van der Waals surface area contributed by atoms with Gasteiger partial charge in [-0.05, 0) is 24.3 Å². The van der Waals surface area contributed by atoms with E-state index in [2.05, 4.69) is 15.5 Å². The van der Waals surface area contributed by atoms with E-state index in [0.717, 1.165) is 17.7 Å². The molecule has 2 N–H and O–H groups in total. The molecule has 0 fully saturated rings. The van der Waals surface area contributed by atoms with Gasteiger partial charge >= 0.3 is 6.18 Å². The highest BCUT2D eigenvalue weighted by Crippen LogP contribution is 2.30. The van der Waals surface area contributed by atoms with Gasteiger partial charge in [0.2, 0.25) is 0 Å². The molecule has 0 bridgehead atoms. The predicted octanol–water partition coefficient (Wildman–Crippen LogP) is 4.35. The van der Waals surface area contributed by atoms with Crippen molar-refractivity contribution < 1.29 is 18.0 Å². The first-order valence-electron chi connectivity index (χ1n) is 7.03. The molecule has 3 rings (SSSR count). The number of nitrogens with one attached hydrogen (secondary N) is 2. The molecule has 1 amide bonds. The summed E-state index contributed by atoms with van der Waals surface area (Å²) in [7, 11) is 0. The van der Waals surface area contributed by atoms with Gasteiger partial charge in [0, 0.05) is 11.3 Å². The number of benzene rings is 2. The number of aromatic nitrogens is 2. The Kier molecular flexibility index (Phi) is 4.07. The average Bonchev–Trinajstić information content (AvgIpc) is 3.05. The number of aromatic amines is 1. The maximum absolute atomic E-state index is 12.7. The van der Waals surface area contributed by atoms with Crippen LogP contribution in [0.3, 0.4) is 0 Å². The first-order valence-corrected chi connectivity index (χ1v) is 7.03. The molecule has 1 aromatic heterocycles. The van der Waals surface area contributed by atoms with Crippen LogP contribution in [-0.4, -0.2) is 16.1 Å². The van der Waals surface area contributed by atoms with E-state index in [-0.39, 0.29) is 11.4 Å². The van der Waals surface area contributed by atoms with E-state index in [0.29, 0.717) is 5.69 Å². The predicted molar refractivity (Wildman–Crippen MR) is 83.4 cm³/mol. The summed E-state index contributed by atoms with van der Waals surface area (Å²) in [6.07, 6.45) is -4.46. The monoisotopic (exact) mass is 331 g/mol. The van der Waals surface area contributed by atoms with E-state index in [4.69, 9.17) is 0 Å². The van der Waals surface area contributed by atoms with Crippen LogP contribution in [0.4, 0.5) is 18.9 Å². The molecule has 7 heteroatoms. The summed E-state index contributed by atoms with van der Waals surface area (Å²) >= 11 is 0. The first kappa shape index (κ1) is 15.8. The largest absolute Gasteiger partial charge is 0.416 e. The molecule has 2 aromatic carbocycles. The number of H-pyrrole nitrogens is 1. The van der Waals surface area contributed by atoms with E-state index in [1.807, 2.05) is 30.3 Å². The number of nitrogens with zero attached hydrogens (tertiary/aromatic N) is 1. The fourth-order valence-electron chi connectivity index (χ4n) is 2.17. The highest BCUT2D eigenvalue weighted by molar-refractivity contribution is 6.03. The van der Waals surface area contributed by atoms with Crippen LogP contribution in [0, 0.1) is 0 Å². The van der Waals surface area contributed by atoms with Crippen molar-refractivity contribution in [1.82, 2.24) is 10.2 Å². The number of amides is 1. The van der Waals surface area contributed by atoms with Crippen LogP contribution in [0.5, 0.6) is 0 Å². The van der Waals surface area contributed by atoms with E-state index >= 15 is 0 Å². The fraction of sp³-hybridized carbons (Fsp3) is 0.0588. The average molecular weight is 331 g/mol. The Morgan fingerprint density at radius 2 is 1.75 bits per heavy atom. The van der Waals surface area contributed by atoms with Crippen molar-refractivity contribution in [3.8, 4) is 11.3 Å². The van der Waals surface area contributed by atoms with Crippen molar-refractivity contribution in [2.24, 2.45) is 0 Å². The zero-order valence-corrected chi connectivity index (χ0v) is 12.3. The zero-order chi connectivity index (χ0) is 17.2. The Morgan fingerprint density at radius 1 is 1.00 bits per heavy atom. The maximum Gasteiger partial charge on any atom is 0.416 e. The normalized spacial score (nSPS) is 11.3. The fourth-order valence-corrected chi connectivity index (χ4v) is 2.17. The Labute approximate surface area is 135 Å². The van der Waals surface area contributed by atoms with Gasteiger partial charge in [0.1, 0.15) is 5.69 Å². The molecule has 0 saturated heterocycles. The molecular formula is C17H12F3N3O. The van der Waals surface area contributed by atoms with Crippen LogP contribution >= 0.6 is 0 Å².